The Balaban J connectivity index is 1.35. The maximum absolute atomic E-state index is 11.7. The van der Waals surface area contributed by atoms with Gasteiger partial charge in [-0.2, -0.15) is 0 Å². The van der Waals surface area contributed by atoms with Crippen LogP contribution in [0.15, 0.2) is 48.5 Å². The molecule has 4 heteroatoms. The molecule has 0 saturated carbocycles. The van der Waals surface area contributed by atoms with Crippen LogP contribution in [0.25, 0.3) is 0 Å². The van der Waals surface area contributed by atoms with E-state index in [1.165, 1.54) is 41.9 Å². The van der Waals surface area contributed by atoms with E-state index in [9.17, 15) is 4.79 Å². The number of aryl methyl sites for hydroxylation is 2. The molecule has 2 heterocycles. The van der Waals surface area contributed by atoms with Crippen LogP contribution in [0.3, 0.4) is 0 Å². The number of para-hydroxylation sites is 2. The number of hydrogen-bond acceptors (Lipinski definition) is 4. The Hall–Kier alpha value is -2.33. The van der Waals surface area contributed by atoms with Crippen molar-refractivity contribution in [3.05, 3.63) is 59.7 Å². The van der Waals surface area contributed by atoms with Crippen LogP contribution in [-0.4, -0.2) is 43.7 Å². The van der Waals surface area contributed by atoms with Gasteiger partial charge >= 0.3 is 5.97 Å². The van der Waals surface area contributed by atoms with Gasteiger partial charge in [0.15, 0.2) is 0 Å². The molecule has 31 heavy (non-hydrogen) atoms. The number of piperidine rings is 1. The monoisotopic (exact) mass is 420 g/mol. The van der Waals surface area contributed by atoms with E-state index in [2.05, 4.69) is 58.3 Å². The van der Waals surface area contributed by atoms with Gasteiger partial charge in [-0.25, -0.2) is 0 Å². The molecule has 0 aromatic heterocycles. The second kappa shape index (κ2) is 10.8. The van der Waals surface area contributed by atoms with Crippen LogP contribution in [0, 0.1) is 5.92 Å². The third-order valence-corrected chi connectivity index (χ3v) is 6.75. The topological polar surface area (TPSA) is 32.8 Å². The maximum Gasteiger partial charge on any atom is 0.305 e. The summed E-state index contributed by atoms with van der Waals surface area (Å²) in [6, 6.07) is 17.8. The highest BCUT2D eigenvalue weighted by Crippen LogP contribution is 2.36. The van der Waals surface area contributed by atoms with Gasteiger partial charge in [-0.1, -0.05) is 36.4 Å². The number of carbonyl (C=O) groups excluding carboxylic acids is 1. The smallest absolute Gasteiger partial charge is 0.305 e. The molecule has 1 fully saturated rings. The van der Waals surface area contributed by atoms with Crippen molar-refractivity contribution in [2.75, 3.05) is 37.7 Å². The second-order valence-electron chi connectivity index (χ2n) is 8.92. The number of anilines is 2. The van der Waals surface area contributed by atoms with Gasteiger partial charge in [0.25, 0.3) is 0 Å². The zero-order valence-electron chi connectivity index (χ0n) is 18.9. The van der Waals surface area contributed by atoms with Crippen molar-refractivity contribution in [3.63, 3.8) is 0 Å². The summed E-state index contributed by atoms with van der Waals surface area (Å²) in [7, 11) is 0. The van der Waals surface area contributed by atoms with Crippen molar-refractivity contribution in [1.82, 2.24) is 4.90 Å². The van der Waals surface area contributed by atoms with Gasteiger partial charge in [0.05, 0.1) is 6.61 Å². The molecule has 1 atom stereocenters. The molecule has 4 nitrogen and oxygen atoms in total. The number of ether oxygens (including phenoxy) is 1. The van der Waals surface area contributed by atoms with Crippen LogP contribution in [0.5, 0.6) is 0 Å². The largest absolute Gasteiger partial charge is 0.466 e. The Morgan fingerprint density at radius 2 is 1.68 bits per heavy atom. The maximum atomic E-state index is 11.7. The Labute approximate surface area is 187 Å². The first-order valence-corrected chi connectivity index (χ1v) is 12.1. The average Bonchev–Trinajstić information content (AvgIpc) is 2.96. The molecule has 1 unspecified atom stereocenters. The lowest BCUT2D eigenvalue weighted by Gasteiger charge is -2.34. The summed E-state index contributed by atoms with van der Waals surface area (Å²) >= 11 is 0. The number of fused-ring (bicyclic) bond motifs is 2. The standard InChI is InChI=1S/C27H36N2O2/c1-2-31-27(30)17-14-22-9-7-18-28(21-22)19-8-20-29-25-12-5-3-10-23(25)15-16-24-11-4-6-13-26(24)29/h3-6,10-13,22H,2,7-9,14-21H2,1H3. The molecule has 1 saturated heterocycles. The van der Waals surface area contributed by atoms with Crippen molar-refractivity contribution < 1.29 is 9.53 Å². The first kappa shape index (κ1) is 21.9. The summed E-state index contributed by atoms with van der Waals surface area (Å²) in [6.07, 6.45) is 7.37. The fourth-order valence-electron chi connectivity index (χ4n) is 5.21. The number of likely N-dealkylation sites (tertiary alicyclic amines) is 1. The van der Waals surface area contributed by atoms with E-state index in [-0.39, 0.29) is 5.97 Å². The van der Waals surface area contributed by atoms with Crippen LogP contribution in [0.4, 0.5) is 11.4 Å². The lowest BCUT2D eigenvalue weighted by Crippen LogP contribution is -2.37. The van der Waals surface area contributed by atoms with Gasteiger partial charge < -0.3 is 14.5 Å². The van der Waals surface area contributed by atoms with Crippen LogP contribution in [-0.2, 0) is 22.4 Å². The Morgan fingerprint density at radius 3 is 2.35 bits per heavy atom. The minimum absolute atomic E-state index is 0.0434. The Kier molecular flexibility index (Phi) is 7.63. The fraction of sp³-hybridized carbons (Fsp3) is 0.519. The van der Waals surface area contributed by atoms with Gasteiger partial charge in [0.1, 0.15) is 0 Å². The summed E-state index contributed by atoms with van der Waals surface area (Å²) < 4.78 is 5.10. The van der Waals surface area contributed by atoms with Crippen molar-refractivity contribution in [3.8, 4) is 0 Å². The van der Waals surface area contributed by atoms with Crippen molar-refractivity contribution in [2.24, 2.45) is 5.92 Å². The van der Waals surface area contributed by atoms with E-state index in [1.54, 1.807) is 0 Å². The molecular formula is C27H36N2O2. The molecular weight excluding hydrogens is 384 g/mol. The molecule has 0 amide bonds. The number of rotatable bonds is 8. The van der Waals surface area contributed by atoms with Crippen LogP contribution >= 0.6 is 0 Å². The molecule has 2 aromatic rings. The molecule has 0 N–H and O–H groups in total. The predicted molar refractivity (Wildman–Crippen MR) is 127 cm³/mol. The highest BCUT2D eigenvalue weighted by molar-refractivity contribution is 5.71. The third-order valence-electron chi connectivity index (χ3n) is 6.75. The number of nitrogens with zero attached hydrogens (tertiary/aromatic N) is 2. The number of hydrogen-bond donors (Lipinski definition) is 0. The SMILES string of the molecule is CCOC(=O)CCC1CCCN(CCCN2c3ccccc3CCc3ccccc32)C1. The Morgan fingerprint density at radius 1 is 1.00 bits per heavy atom. The highest BCUT2D eigenvalue weighted by Gasteiger charge is 2.23. The molecule has 4 rings (SSSR count). The summed E-state index contributed by atoms with van der Waals surface area (Å²) in [5.41, 5.74) is 5.66. The van der Waals surface area contributed by atoms with Gasteiger partial charge in [-0.3, -0.25) is 4.79 Å². The zero-order valence-corrected chi connectivity index (χ0v) is 18.9. The number of esters is 1. The lowest BCUT2D eigenvalue weighted by molar-refractivity contribution is -0.143. The molecule has 2 aliphatic rings. The molecule has 0 spiro atoms. The van der Waals surface area contributed by atoms with Gasteiger partial charge in [-0.15, -0.1) is 0 Å². The van der Waals surface area contributed by atoms with Crippen molar-refractivity contribution >= 4 is 17.3 Å². The lowest BCUT2D eigenvalue weighted by atomic mass is 9.93. The first-order valence-electron chi connectivity index (χ1n) is 12.1. The quantitative estimate of drug-likeness (QED) is 0.538. The highest BCUT2D eigenvalue weighted by atomic mass is 16.5. The van der Waals surface area contributed by atoms with E-state index in [0.717, 1.165) is 45.3 Å². The third kappa shape index (κ3) is 5.68. The normalized spacial score (nSPS) is 18.7. The average molecular weight is 421 g/mol. The molecule has 2 aromatic carbocycles. The summed E-state index contributed by atoms with van der Waals surface area (Å²) in [6.45, 7) is 6.82. The second-order valence-corrected chi connectivity index (χ2v) is 8.92. The van der Waals surface area contributed by atoms with Gasteiger partial charge in [0.2, 0.25) is 0 Å². The molecule has 0 bridgehead atoms. The van der Waals surface area contributed by atoms with Crippen molar-refractivity contribution in [1.29, 1.82) is 0 Å². The molecule has 0 radical (unpaired) electrons. The molecule has 0 aliphatic carbocycles. The predicted octanol–water partition coefficient (Wildman–Crippen LogP) is 5.37. The van der Waals surface area contributed by atoms with E-state index in [0.29, 0.717) is 18.9 Å². The summed E-state index contributed by atoms with van der Waals surface area (Å²) in [5.74, 6) is 0.580. The van der Waals surface area contributed by atoms with E-state index in [4.69, 9.17) is 4.74 Å². The van der Waals surface area contributed by atoms with Crippen LogP contribution in [0.2, 0.25) is 0 Å². The number of carbonyl (C=O) groups is 1. The van der Waals surface area contributed by atoms with Gasteiger partial charge in [0, 0.05) is 30.9 Å². The number of benzene rings is 2. The van der Waals surface area contributed by atoms with E-state index < -0.39 is 0 Å². The van der Waals surface area contributed by atoms with Crippen molar-refractivity contribution in [2.45, 2.75) is 51.9 Å². The fourth-order valence-corrected chi connectivity index (χ4v) is 5.21. The van der Waals surface area contributed by atoms with Crippen LogP contribution < -0.4 is 4.90 Å². The van der Waals surface area contributed by atoms with E-state index in [1.807, 2.05) is 6.92 Å². The first-order chi connectivity index (χ1) is 15.2. The zero-order chi connectivity index (χ0) is 21.5. The summed E-state index contributed by atoms with van der Waals surface area (Å²) in [4.78, 5) is 16.9. The van der Waals surface area contributed by atoms with E-state index >= 15 is 0 Å². The minimum atomic E-state index is -0.0434. The molecule has 166 valence electrons. The Bertz CT molecular complexity index is 818. The van der Waals surface area contributed by atoms with Gasteiger partial charge in [-0.05, 0) is 87.7 Å². The molecule has 2 aliphatic heterocycles. The van der Waals surface area contributed by atoms with Crippen LogP contribution in [0.1, 0.15) is 50.2 Å². The summed E-state index contributed by atoms with van der Waals surface area (Å²) in [5, 5.41) is 0. The minimum Gasteiger partial charge on any atom is -0.466 e.